The Balaban J connectivity index is 1.60. The fourth-order valence-corrected chi connectivity index (χ4v) is 7.77. The molecule has 4 aliphatic rings. The average molecular weight is 386 g/mol. The lowest BCUT2D eigenvalue weighted by atomic mass is 9.47. The van der Waals surface area contributed by atoms with E-state index in [9.17, 15) is 15.2 Å². The van der Waals surface area contributed by atoms with Crippen LogP contribution in [0.3, 0.4) is 0 Å². The number of allylic oxidation sites excluding steroid dienone is 1. The first kappa shape index (κ1) is 20.0. The lowest BCUT2D eigenvalue weighted by Crippen LogP contribution is -2.51. The molecular formula is C24H35NO3. The molecule has 0 saturated heterocycles. The van der Waals surface area contributed by atoms with Gasteiger partial charge in [-0.2, -0.15) is 5.26 Å². The largest absolute Gasteiger partial charge is 0.465 e. The van der Waals surface area contributed by atoms with Crippen LogP contribution in [0.15, 0.2) is 11.6 Å². The molecule has 0 aromatic rings. The molecule has 3 saturated carbocycles. The molecule has 0 aromatic heterocycles. The highest BCUT2D eigenvalue weighted by atomic mass is 16.5. The van der Waals surface area contributed by atoms with Crippen molar-refractivity contribution in [3.63, 3.8) is 0 Å². The van der Waals surface area contributed by atoms with E-state index in [4.69, 9.17) is 4.74 Å². The number of nitriles is 1. The number of ether oxygens (including phenoxy) is 1. The third-order valence-corrected chi connectivity index (χ3v) is 9.23. The molecule has 0 heterocycles. The SMILES string of the molecule is CCOC(=O)C(C#N)[C@H]1CC[C@H]2[C@@H]3CC=C4CC(O)CC[C@]4(C)[C@H]3CC[C@]12C. The molecule has 0 spiro atoms. The monoisotopic (exact) mass is 385 g/mol. The Morgan fingerprint density at radius 1 is 1.29 bits per heavy atom. The van der Waals surface area contributed by atoms with Gasteiger partial charge in [-0.25, -0.2) is 0 Å². The summed E-state index contributed by atoms with van der Waals surface area (Å²) in [6.45, 7) is 6.94. The molecule has 8 atom stereocenters. The van der Waals surface area contributed by atoms with Crippen LogP contribution in [0.5, 0.6) is 0 Å². The lowest BCUT2D eigenvalue weighted by Gasteiger charge is -2.58. The van der Waals surface area contributed by atoms with Crippen molar-refractivity contribution in [3.8, 4) is 6.07 Å². The Morgan fingerprint density at radius 2 is 2.07 bits per heavy atom. The van der Waals surface area contributed by atoms with Gasteiger partial charge in [-0.05, 0) is 92.8 Å². The van der Waals surface area contributed by atoms with Gasteiger partial charge in [0, 0.05) is 0 Å². The van der Waals surface area contributed by atoms with Gasteiger partial charge < -0.3 is 9.84 Å². The zero-order chi connectivity index (χ0) is 20.1. The third kappa shape index (κ3) is 2.84. The van der Waals surface area contributed by atoms with Crippen LogP contribution in [0.2, 0.25) is 0 Å². The molecule has 1 N–H and O–H groups in total. The number of fused-ring (bicyclic) bond motifs is 5. The van der Waals surface area contributed by atoms with Gasteiger partial charge in [0.1, 0.15) is 5.92 Å². The van der Waals surface area contributed by atoms with Crippen LogP contribution in [0.1, 0.15) is 72.1 Å². The van der Waals surface area contributed by atoms with Gasteiger partial charge in [0.25, 0.3) is 0 Å². The molecule has 0 bridgehead atoms. The van der Waals surface area contributed by atoms with Crippen LogP contribution in [-0.2, 0) is 9.53 Å². The Kier molecular flexibility index (Phi) is 5.11. The van der Waals surface area contributed by atoms with Gasteiger partial charge >= 0.3 is 5.97 Å². The Labute approximate surface area is 169 Å². The van der Waals surface area contributed by atoms with E-state index in [-0.39, 0.29) is 28.8 Å². The van der Waals surface area contributed by atoms with Crippen molar-refractivity contribution in [3.05, 3.63) is 11.6 Å². The van der Waals surface area contributed by atoms with E-state index < -0.39 is 5.92 Å². The minimum Gasteiger partial charge on any atom is -0.465 e. The van der Waals surface area contributed by atoms with Crippen molar-refractivity contribution in [2.45, 2.75) is 78.2 Å². The molecule has 4 heteroatoms. The highest BCUT2D eigenvalue weighted by Crippen LogP contribution is 2.67. The second kappa shape index (κ2) is 7.17. The summed E-state index contributed by atoms with van der Waals surface area (Å²) in [4.78, 5) is 12.5. The molecular weight excluding hydrogens is 350 g/mol. The topological polar surface area (TPSA) is 70.3 Å². The molecule has 0 radical (unpaired) electrons. The number of rotatable bonds is 3. The quantitative estimate of drug-likeness (QED) is 0.568. The van der Waals surface area contributed by atoms with Gasteiger partial charge in [-0.3, -0.25) is 4.79 Å². The fraction of sp³-hybridized carbons (Fsp3) is 0.833. The molecule has 0 aliphatic heterocycles. The van der Waals surface area contributed by atoms with Gasteiger partial charge in [-0.15, -0.1) is 0 Å². The molecule has 2 unspecified atom stereocenters. The summed E-state index contributed by atoms with van der Waals surface area (Å²) in [6, 6.07) is 2.30. The smallest absolute Gasteiger partial charge is 0.323 e. The predicted molar refractivity (Wildman–Crippen MR) is 107 cm³/mol. The number of carbonyl (C=O) groups is 1. The third-order valence-electron chi connectivity index (χ3n) is 9.23. The van der Waals surface area contributed by atoms with Crippen LogP contribution < -0.4 is 0 Å². The number of aliphatic hydroxyl groups excluding tert-OH is 1. The van der Waals surface area contributed by atoms with Crippen molar-refractivity contribution in [1.29, 1.82) is 5.26 Å². The summed E-state index contributed by atoms with van der Waals surface area (Å²) in [5.41, 5.74) is 1.79. The van der Waals surface area contributed by atoms with Gasteiger partial charge in [0.15, 0.2) is 0 Å². The predicted octanol–water partition coefficient (Wildman–Crippen LogP) is 4.63. The van der Waals surface area contributed by atoms with Crippen LogP contribution in [0, 0.1) is 51.8 Å². The van der Waals surface area contributed by atoms with E-state index in [1.165, 1.54) is 12.0 Å². The van der Waals surface area contributed by atoms with Crippen molar-refractivity contribution >= 4 is 5.97 Å². The number of hydrogen-bond donors (Lipinski definition) is 1. The van der Waals surface area contributed by atoms with Crippen molar-refractivity contribution in [2.75, 3.05) is 6.61 Å². The average Bonchev–Trinajstić information content (AvgIpc) is 3.00. The number of carbonyl (C=O) groups excluding carboxylic acids is 1. The molecule has 28 heavy (non-hydrogen) atoms. The van der Waals surface area contributed by atoms with E-state index in [1.54, 1.807) is 0 Å². The summed E-state index contributed by atoms with van der Waals surface area (Å²) in [5, 5.41) is 19.9. The van der Waals surface area contributed by atoms with Crippen molar-refractivity contribution < 1.29 is 14.6 Å². The normalized spacial score (nSPS) is 45.7. The molecule has 154 valence electrons. The molecule has 0 aromatic carbocycles. The summed E-state index contributed by atoms with van der Waals surface area (Å²) in [5.74, 6) is 1.09. The number of nitrogens with zero attached hydrogens (tertiary/aromatic N) is 1. The first-order valence-corrected chi connectivity index (χ1v) is 11.3. The fourth-order valence-electron chi connectivity index (χ4n) is 7.77. The number of esters is 1. The Hall–Kier alpha value is -1.34. The van der Waals surface area contributed by atoms with E-state index >= 15 is 0 Å². The highest BCUT2D eigenvalue weighted by molar-refractivity contribution is 5.75. The van der Waals surface area contributed by atoms with E-state index in [0.717, 1.165) is 44.9 Å². The van der Waals surface area contributed by atoms with Gasteiger partial charge in [0.05, 0.1) is 18.8 Å². The number of aliphatic hydroxyl groups is 1. The first-order valence-electron chi connectivity index (χ1n) is 11.3. The summed E-state index contributed by atoms with van der Waals surface area (Å²) >= 11 is 0. The summed E-state index contributed by atoms with van der Waals surface area (Å²) < 4.78 is 5.24. The van der Waals surface area contributed by atoms with Crippen molar-refractivity contribution in [2.24, 2.45) is 40.4 Å². The molecule has 4 aliphatic carbocycles. The second-order valence-electron chi connectivity index (χ2n) is 10.2. The summed E-state index contributed by atoms with van der Waals surface area (Å²) in [7, 11) is 0. The van der Waals surface area contributed by atoms with E-state index in [1.807, 2.05) is 6.92 Å². The van der Waals surface area contributed by atoms with Gasteiger partial charge in [0.2, 0.25) is 0 Å². The van der Waals surface area contributed by atoms with E-state index in [0.29, 0.717) is 24.4 Å². The number of hydrogen-bond acceptors (Lipinski definition) is 4. The van der Waals surface area contributed by atoms with Crippen LogP contribution in [-0.4, -0.2) is 23.8 Å². The minimum absolute atomic E-state index is 0.0597. The summed E-state index contributed by atoms with van der Waals surface area (Å²) in [6.07, 6.45) is 10.6. The standard InChI is InChI=1S/C24H35NO3/c1-4-28-22(27)18(14-25)20-8-7-19-17-6-5-15-13-16(26)9-11-23(15,2)21(17)10-12-24(19,20)3/h5,16-21,26H,4,6-13H2,1-3H3/t16?,17-,18?,19-,20+,21-,23-,24-/m0/s1. The maximum Gasteiger partial charge on any atom is 0.323 e. The van der Waals surface area contributed by atoms with Crippen LogP contribution >= 0.6 is 0 Å². The minimum atomic E-state index is -0.624. The molecule has 0 amide bonds. The second-order valence-corrected chi connectivity index (χ2v) is 10.2. The lowest BCUT2D eigenvalue weighted by molar-refractivity contribution is -0.150. The molecule has 4 rings (SSSR count). The Morgan fingerprint density at radius 3 is 2.79 bits per heavy atom. The van der Waals surface area contributed by atoms with Gasteiger partial charge in [-0.1, -0.05) is 25.5 Å². The zero-order valence-electron chi connectivity index (χ0n) is 17.6. The van der Waals surface area contributed by atoms with E-state index in [2.05, 4.69) is 26.0 Å². The maximum atomic E-state index is 12.5. The zero-order valence-corrected chi connectivity index (χ0v) is 17.6. The van der Waals surface area contributed by atoms with Crippen LogP contribution in [0.4, 0.5) is 0 Å². The van der Waals surface area contributed by atoms with Crippen LogP contribution in [0.25, 0.3) is 0 Å². The maximum absolute atomic E-state index is 12.5. The first-order chi connectivity index (χ1) is 13.3. The Bertz CT molecular complexity index is 709. The van der Waals surface area contributed by atoms with Crippen molar-refractivity contribution in [1.82, 2.24) is 0 Å². The molecule has 4 nitrogen and oxygen atoms in total. The highest BCUT2D eigenvalue weighted by Gasteiger charge is 2.60. The molecule has 3 fully saturated rings.